The zero-order valence-electron chi connectivity index (χ0n) is 13.5. The largest absolute Gasteiger partial charge is 0.337 e. The minimum absolute atomic E-state index is 0. The Balaban J connectivity index is 0.00000156. The van der Waals surface area contributed by atoms with Crippen LogP contribution in [-0.2, 0) is 17.8 Å². The molecule has 3 aliphatic heterocycles. The predicted octanol–water partition coefficient (Wildman–Crippen LogP) is 1.68. The van der Waals surface area contributed by atoms with Gasteiger partial charge in [-0.3, -0.25) is 9.69 Å². The Kier molecular flexibility index (Phi) is 5.24. The van der Waals surface area contributed by atoms with Crippen LogP contribution in [0.1, 0.15) is 24.0 Å². The number of amides is 1. The van der Waals surface area contributed by atoms with E-state index in [4.69, 9.17) is 0 Å². The van der Waals surface area contributed by atoms with E-state index in [1.165, 1.54) is 24.0 Å². The summed E-state index contributed by atoms with van der Waals surface area (Å²) in [6, 6.07) is 9.22. The van der Waals surface area contributed by atoms with Crippen molar-refractivity contribution in [2.75, 3.05) is 32.7 Å². The number of carbonyl (C=O) groups excluding carboxylic acids is 1. The van der Waals surface area contributed by atoms with Gasteiger partial charge in [-0.1, -0.05) is 24.3 Å². The lowest BCUT2D eigenvalue weighted by Crippen LogP contribution is -2.49. The number of carbonyl (C=O) groups is 1. The SMILES string of the molecule is Cl.O=C(CN1CCC2NCCC2C1)N1CCc2ccccc2C1. The Morgan fingerprint density at radius 2 is 2.00 bits per heavy atom. The number of fused-ring (bicyclic) bond motifs is 2. The molecule has 0 spiro atoms. The van der Waals surface area contributed by atoms with Gasteiger partial charge in [0.15, 0.2) is 0 Å². The third-order valence-electron chi connectivity index (χ3n) is 5.58. The van der Waals surface area contributed by atoms with Gasteiger partial charge in [0.1, 0.15) is 0 Å². The van der Waals surface area contributed by atoms with E-state index in [0.29, 0.717) is 18.5 Å². The monoisotopic (exact) mass is 335 g/mol. The number of piperidine rings is 1. The van der Waals surface area contributed by atoms with E-state index < -0.39 is 0 Å². The van der Waals surface area contributed by atoms with Crippen LogP contribution in [0.15, 0.2) is 24.3 Å². The van der Waals surface area contributed by atoms with Gasteiger partial charge in [0, 0.05) is 32.2 Å². The van der Waals surface area contributed by atoms with Crippen molar-refractivity contribution < 1.29 is 4.79 Å². The van der Waals surface area contributed by atoms with Crippen LogP contribution < -0.4 is 5.32 Å². The first-order valence-corrected chi connectivity index (χ1v) is 8.60. The molecule has 3 heterocycles. The maximum absolute atomic E-state index is 12.6. The highest BCUT2D eigenvalue weighted by atomic mass is 35.5. The van der Waals surface area contributed by atoms with Crippen LogP contribution in [0.3, 0.4) is 0 Å². The molecule has 0 radical (unpaired) electrons. The molecular weight excluding hydrogens is 310 g/mol. The summed E-state index contributed by atoms with van der Waals surface area (Å²) in [6.07, 6.45) is 3.46. The minimum Gasteiger partial charge on any atom is -0.337 e. The number of benzene rings is 1. The fourth-order valence-electron chi connectivity index (χ4n) is 4.27. The Labute approximate surface area is 144 Å². The van der Waals surface area contributed by atoms with E-state index >= 15 is 0 Å². The number of rotatable bonds is 2. The number of halogens is 1. The van der Waals surface area contributed by atoms with Crippen LogP contribution in [0.5, 0.6) is 0 Å². The first-order valence-electron chi connectivity index (χ1n) is 8.60. The second kappa shape index (κ2) is 7.20. The van der Waals surface area contributed by atoms with E-state index in [9.17, 15) is 4.79 Å². The van der Waals surface area contributed by atoms with E-state index in [1.807, 2.05) is 4.90 Å². The maximum atomic E-state index is 12.6. The van der Waals surface area contributed by atoms with E-state index in [-0.39, 0.29) is 12.4 Å². The van der Waals surface area contributed by atoms with Gasteiger partial charge in [-0.25, -0.2) is 0 Å². The highest BCUT2D eigenvalue weighted by Gasteiger charge is 2.33. The summed E-state index contributed by atoms with van der Waals surface area (Å²) in [5.74, 6) is 1.06. The van der Waals surface area contributed by atoms with Crippen molar-refractivity contribution in [1.82, 2.24) is 15.1 Å². The quantitative estimate of drug-likeness (QED) is 0.893. The Bertz CT molecular complexity index is 565. The third kappa shape index (κ3) is 3.54. The summed E-state index contributed by atoms with van der Waals surface area (Å²) in [4.78, 5) is 17.1. The summed E-state index contributed by atoms with van der Waals surface area (Å²) in [6.45, 7) is 5.57. The maximum Gasteiger partial charge on any atom is 0.237 e. The van der Waals surface area contributed by atoms with Crippen LogP contribution >= 0.6 is 12.4 Å². The van der Waals surface area contributed by atoms with Gasteiger partial charge in [-0.05, 0) is 42.9 Å². The van der Waals surface area contributed by atoms with Crippen molar-refractivity contribution in [1.29, 1.82) is 0 Å². The molecule has 0 bridgehead atoms. The molecule has 4 rings (SSSR count). The summed E-state index contributed by atoms with van der Waals surface area (Å²) in [5.41, 5.74) is 2.73. The molecule has 2 atom stereocenters. The lowest BCUT2D eigenvalue weighted by atomic mass is 9.93. The lowest BCUT2D eigenvalue weighted by Gasteiger charge is -2.36. The second-order valence-electron chi connectivity index (χ2n) is 6.97. The fourth-order valence-corrected chi connectivity index (χ4v) is 4.27. The number of nitrogens with one attached hydrogen (secondary N) is 1. The molecule has 4 nitrogen and oxygen atoms in total. The number of hydrogen-bond acceptors (Lipinski definition) is 3. The molecule has 1 amide bonds. The Morgan fingerprint density at radius 3 is 2.87 bits per heavy atom. The predicted molar refractivity (Wildman–Crippen MR) is 93.8 cm³/mol. The minimum atomic E-state index is 0. The van der Waals surface area contributed by atoms with Crippen molar-refractivity contribution in [3.8, 4) is 0 Å². The smallest absolute Gasteiger partial charge is 0.237 e. The molecule has 5 heteroatoms. The fraction of sp³-hybridized carbons (Fsp3) is 0.611. The Hall–Kier alpha value is -1.10. The first-order chi connectivity index (χ1) is 10.8. The first kappa shape index (κ1) is 16.7. The molecule has 1 aromatic carbocycles. The van der Waals surface area contributed by atoms with Gasteiger partial charge in [-0.2, -0.15) is 0 Å². The normalized spacial score (nSPS) is 27.0. The van der Waals surface area contributed by atoms with E-state index in [1.54, 1.807) is 0 Å². The van der Waals surface area contributed by atoms with E-state index in [2.05, 4.69) is 34.5 Å². The van der Waals surface area contributed by atoms with E-state index in [0.717, 1.165) is 45.1 Å². The van der Waals surface area contributed by atoms with Gasteiger partial charge in [0.05, 0.1) is 6.54 Å². The molecular formula is C18H26ClN3O. The zero-order valence-corrected chi connectivity index (χ0v) is 14.4. The topological polar surface area (TPSA) is 35.6 Å². The summed E-state index contributed by atoms with van der Waals surface area (Å²) < 4.78 is 0. The molecule has 2 saturated heterocycles. The highest BCUT2D eigenvalue weighted by Crippen LogP contribution is 2.25. The highest BCUT2D eigenvalue weighted by molar-refractivity contribution is 5.85. The van der Waals surface area contributed by atoms with Gasteiger partial charge >= 0.3 is 0 Å². The molecule has 1 N–H and O–H groups in total. The molecule has 23 heavy (non-hydrogen) atoms. The van der Waals surface area contributed by atoms with Crippen LogP contribution in [0.25, 0.3) is 0 Å². The van der Waals surface area contributed by atoms with Crippen molar-refractivity contribution in [3.63, 3.8) is 0 Å². The Morgan fingerprint density at radius 1 is 1.17 bits per heavy atom. The van der Waals surface area contributed by atoms with Crippen molar-refractivity contribution >= 4 is 18.3 Å². The number of likely N-dealkylation sites (tertiary alicyclic amines) is 1. The molecule has 2 fully saturated rings. The molecule has 0 saturated carbocycles. The lowest BCUT2D eigenvalue weighted by molar-refractivity contribution is -0.133. The third-order valence-corrected chi connectivity index (χ3v) is 5.58. The molecule has 2 unspecified atom stereocenters. The van der Waals surface area contributed by atoms with Crippen LogP contribution in [0, 0.1) is 5.92 Å². The standard InChI is InChI=1S/C18H25N3O.ClH/c22-18(13-20-9-7-17-16(11-20)5-8-19-17)21-10-6-14-3-1-2-4-15(14)12-21;/h1-4,16-17,19H,5-13H2;1H. The number of nitrogens with zero attached hydrogens (tertiary/aromatic N) is 2. The van der Waals surface area contributed by atoms with Gasteiger partial charge in [0.2, 0.25) is 5.91 Å². The summed E-state index contributed by atoms with van der Waals surface area (Å²) in [5, 5.41) is 3.58. The zero-order chi connectivity index (χ0) is 14.9. The average molecular weight is 336 g/mol. The van der Waals surface area contributed by atoms with Gasteiger partial charge in [-0.15, -0.1) is 12.4 Å². The molecule has 1 aromatic rings. The van der Waals surface area contributed by atoms with Crippen LogP contribution in [0.2, 0.25) is 0 Å². The van der Waals surface area contributed by atoms with Crippen LogP contribution in [0.4, 0.5) is 0 Å². The molecule has 3 aliphatic rings. The molecule has 0 aromatic heterocycles. The average Bonchev–Trinajstić information content (AvgIpc) is 3.02. The van der Waals surface area contributed by atoms with Crippen molar-refractivity contribution in [3.05, 3.63) is 35.4 Å². The molecule has 126 valence electrons. The summed E-state index contributed by atoms with van der Waals surface area (Å²) >= 11 is 0. The second-order valence-corrected chi connectivity index (χ2v) is 6.97. The van der Waals surface area contributed by atoms with Crippen LogP contribution in [-0.4, -0.2) is 54.5 Å². The van der Waals surface area contributed by atoms with Gasteiger partial charge < -0.3 is 10.2 Å². The summed E-state index contributed by atoms with van der Waals surface area (Å²) in [7, 11) is 0. The van der Waals surface area contributed by atoms with Crippen molar-refractivity contribution in [2.45, 2.75) is 31.8 Å². The molecule has 0 aliphatic carbocycles. The van der Waals surface area contributed by atoms with Gasteiger partial charge in [0.25, 0.3) is 0 Å². The van der Waals surface area contributed by atoms with Crippen molar-refractivity contribution in [2.24, 2.45) is 5.92 Å². The number of hydrogen-bond donors (Lipinski definition) is 1.